The number of fused-ring (bicyclic) bond motifs is 1. The van der Waals surface area contributed by atoms with E-state index in [-0.39, 0.29) is 0 Å². The normalized spacial score (nSPS) is 16.4. The predicted molar refractivity (Wildman–Crippen MR) is 65.8 cm³/mol. The molecule has 2 N–H and O–H groups in total. The van der Waals surface area contributed by atoms with Gasteiger partial charge in [-0.2, -0.15) is 4.80 Å². The maximum absolute atomic E-state index is 5.77. The minimum Gasteiger partial charge on any atom is -0.399 e. The standard InChI is InChI=1S/C12H13N5/c1-17-15-12(14-16-17)7-9-3-2-8-6-10(13)4-5-11(8)9/h4-7H,2-3,13H2,1H3/b9-7-. The van der Waals surface area contributed by atoms with E-state index in [0.29, 0.717) is 5.82 Å². The zero-order valence-corrected chi connectivity index (χ0v) is 9.59. The van der Waals surface area contributed by atoms with E-state index in [9.17, 15) is 0 Å². The molecule has 0 spiro atoms. The van der Waals surface area contributed by atoms with Crippen molar-refractivity contribution in [3.63, 3.8) is 0 Å². The molecule has 17 heavy (non-hydrogen) atoms. The van der Waals surface area contributed by atoms with E-state index >= 15 is 0 Å². The third-order valence-corrected chi connectivity index (χ3v) is 2.97. The largest absolute Gasteiger partial charge is 0.399 e. The number of nitrogens with zero attached hydrogens (tertiary/aromatic N) is 4. The van der Waals surface area contributed by atoms with Gasteiger partial charge in [0.25, 0.3) is 0 Å². The van der Waals surface area contributed by atoms with Gasteiger partial charge in [-0.25, -0.2) is 0 Å². The van der Waals surface area contributed by atoms with Gasteiger partial charge in [-0.05, 0) is 53.0 Å². The minimum absolute atomic E-state index is 0.659. The number of hydrogen-bond acceptors (Lipinski definition) is 4. The van der Waals surface area contributed by atoms with E-state index in [1.807, 2.05) is 18.2 Å². The SMILES string of the molecule is Cn1nnc(/C=C2/CCc3cc(N)ccc32)n1. The quantitative estimate of drug-likeness (QED) is 0.745. The van der Waals surface area contributed by atoms with Crippen LogP contribution >= 0.6 is 0 Å². The Labute approximate surface area is 98.9 Å². The first kappa shape index (κ1) is 10.0. The smallest absolute Gasteiger partial charge is 0.198 e. The maximum atomic E-state index is 5.77. The molecule has 86 valence electrons. The number of aryl methyl sites for hydroxylation is 2. The molecule has 0 amide bonds. The second-order valence-corrected chi connectivity index (χ2v) is 4.22. The molecule has 0 saturated heterocycles. The van der Waals surface area contributed by atoms with Gasteiger partial charge in [0, 0.05) is 5.69 Å². The van der Waals surface area contributed by atoms with Crippen molar-refractivity contribution < 1.29 is 0 Å². The topological polar surface area (TPSA) is 69.6 Å². The lowest BCUT2D eigenvalue weighted by Gasteiger charge is -2.01. The van der Waals surface area contributed by atoms with E-state index in [4.69, 9.17) is 5.73 Å². The highest BCUT2D eigenvalue weighted by atomic mass is 15.6. The Balaban J connectivity index is 2.01. The molecule has 0 atom stereocenters. The van der Waals surface area contributed by atoms with Gasteiger partial charge in [0.1, 0.15) is 0 Å². The van der Waals surface area contributed by atoms with Gasteiger partial charge >= 0.3 is 0 Å². The molecular weight excluding hydrogens is 214 g/mol. The fourth-order valence-electron chi connectivity index (χ4n) is 2.20. The zero-order valence-electron chi connectivity index (χ0n) is 9.59. The Morgan fingerprint density at radius 2 is 2.24 bits per heavy atom. The minimum atomic E-state index is 0.659. The first-order valence-corrected chi connectivity index (χ1v) is 5.56. The highest BCUT2D eigenvalue weighted by Crippen LogP contribution is 2.34. The Morgan fingerprint density at radius 3 is 3.00 bits per heavy atom. The van der Waals surface area contributed by atoms with Crippen LogP contribution in [-0.2, 0) is 13.5 Å². The van der Waals surface area contributed by atoms with E-state index in [1.165, 1.54) is 21.5 Å². The van der Waals surface area contributed by atoms with Gasteiger partial charge in [-0.3, -0.25) is 0 Å². The lowest BCUT2D eigenvalue weighted by molar-refractivity contribution is 0.629. The summed E-state index contributed by atoms with van der Waals surface area (Å²) in [6.07, 6.45) is 4.04. The summed E-state index contributed by atoms with van der Waals surface area (Å²) in [5.74, 6) is 0.659. The molecule has 2 aromatic rings. The van der Waals surface area contributed by atoms with Crippen LogP contribution in [0.1, 0.15) is 23.4 Å². The average molecular weight is 227 g/mol. The summed E-state index contributed by atoms with van der Waals surface area (Å²) in [5, 5.41) is 11.9. The summed E-state index contributed by atoms with van der Waals surface area (Å²) in [5.41, 5.74) is 10.4. The Kier molecular flexibility index (Phi) is 2.18. The molecule has 3 rings (SSSR count). The number of benzene rings is 1. The van der Waals surface area contributed by atoms with Crippen LogP contribution in [-0.4, -0.2) is 20.2 Å². The van der Waals surface area contributed by atoms with Crippen molar-refractivity contribution >= 4 is 17.3 Å². The van der Waals surface area contributed by atoms with Crippen LogP contribution in [0.15, 0.2) is 18.2 Å². The van der Waals surface area contributed by atoms with Gasteiger partial charge in [0.15, 0.2) is 5.82 Å². The first-order chi connectivity index (χ1) is 8.22. The predicted octanol–water partition coefficient (Wildman–Crippen LogP) is 1.28. The molecule has 0 bridgehead atoms. The van der Waals surface area contributed by atoms with Crippen molar-refractivity contribution in [1.29, 1.82) is 0 Å². The lowest BCUT2D eigenvalue weighted by Crippen LogP contribution is -1.91. The van der Waals surface area contributed by atoms with Crippen LogP contribution in [0.25, 0.3) is 11.6 Å². The molecule has 1 aromatic heterocycles. The molecule has 0 saturated carbocycles. The third-order valence-electron chi connectivity index (χ3n) is 2.97. The average Bonchev–Trinajstić information content (AvgIpc) is 2.86. The Morgan fingerprint density at radius 1 is 1.35 bits per heavy atom. The van der Waals surface area contributed by atoms with E-state index in [0.717, 1.165) is 18.5 Å². The van der Waals surface area contributed by atoms with Crippen molar-refractivity contribution in [1.82, 2.24) is 20.2 Å². The Bertz CT molecular complexity index is 597. The van der Waals surface area contributed by atoms with Crippen LogP contribution in [0.4, 0.5) is 5.69 Å². The number of nitrogen functional groups attached to an aromatic ring is 1. The van der Waals surface area contributed by atoms with Gasteiger partial charge < -0.3 is 5.73 Å². The monoisotopic (exact) mass is 227 g/mol. The first-order valence-electron chi connectivity index (χ1n) is 5.56. The molecule has 0 fully saturated rings. The van der Waals surface area contributed by atoms with Crippen LogP contribution in [0.5, 0.6) is 0 Å². The molecule has 0 aliphatic heterocycles. The lowest BCUT2D eigenvalue weighted by atomic mass is 10.1. The second kappa shape index (κ2) is 3.69. The van der Waals surface area contributed by atoms with Crippen molar-refractivity contribution in [2.24, 2.45) is 7.05 Å². The van der Waals surface area contributed by atoms with Crippen molar-refractivity contribution in [2.75, 3.05) is 5.73 Å². The van der Waals surface area contributed by atoms with Crippen LogP contribution in [0.2, 0.25) is 0 Å². The van der Waals surface area contributed by atoms with Gasteiger partial charge in [0.05, 0.1) is 7.05 Å². The molecular formula is C12H13N5. The van der Waals surface area contributed by atoms with Crippen molar-refractivity contribution in [2.45, 2.75) is 12.8 Å². The van der Waals surface area contributed by atoms with Crippen molar-refractivity contribution in [3.8, 4) is 0 Å². The van der Waals surface area contributed by atoms with Gasteiger partial charge in [-0.15, -0.1) is 10.2 Å². The molecule has 0 unspecified atom stereocenters. The number of tetrazole rings is 1. The van der Waals surface area contributed by atoms with E-state index < -0.39 is 0 Å². The molecule has 1 heterocycles. The maximum Gasteiger partial charge on any atom is 0.198 e. The number of hydrogen-bond donors (Lipinski definition) is 1. The summed E-state index contributed by atoms with van der Waals surface area (Å²) in [6.45, 7) is 0. The van der Waals surface area contributed by atoms with Gasteiger partial charge in [0.2, 0.25) is 0 Å². The molecule has 1 aliphatic carbocycles. The zero-order chi connectivity index (χ0) is 11.8. The summed E-state index contributed by atoms with van der Waals surface area (Å²) in [7, 11) is 1.76. The molecule has 1 aliphatic rings. The summed E-state index contributed by atoms with van der Waals surface area (Å²) < 4.78 is 0. The van der Waals surface area contributed by atoms with Crippen LogP contribution in [0, 0.1) is 0 Å². The number of nitrogens with two attached hydrogens (primary N) is 1. The molecule has 1 aromatic carbocycles. The fraction of sp³-hybridized carbons (Fsp3) is 0.250. The summed E-state index contributed by atoms with van der Waals surface area (Å²) in [4.78, 5) is 1.46. The number of anilines is 1. The van der Waals surface area contributed by atoms with E-state index in [1.54, 1.807) is 7.05 Å². The highest BCUT2D eigenvalue weighted by Gasteiger charge is 2.16. The number of aromatic nitrogens is 4. The van der Waals surface area contributed by atoms with Gasteiger partial charge in [-0.1, -0.05) is 6.07 Å². The molecule has 0 radical (unpaired) electrons. The number of allylic oxidation sites excluding steroid dienone is 1. The number of rotatable bonds is 1. The fourth-order valence-corrected chi connectivity index (χ4v) is 2.20. The summed E-state index contributed by atoms with van der Waals surface area (Å²) in [6, 6.07) is 6.04. The second-order valence-electron chi connectivity index (χ2n) is 4.22. The Hall–Kier alpha value is -2.17. The summed E-state index contributed by atoms with van der Waals surface area (Å²) >= 11 is 0. The highest BCUT2D eigenvalue weighted by molar-refractivity contribution is 5.84. The van der Waals surface area contributed by atoms with E-state index in [2.05, 4.69) is 21.5 Å². The van der Waals surface area contributed by atoms with Crippen molar-refractivity contribution in [3.05, 3.63) is 35.2 Å². The molecule has 5 nitrogen and oxygen atoms in total. The molecule has 5 heteroatoms. The third kappa shape index (κ3) is 1.80. The van der Waals surface area contributed by atoms with Crippen LogP contribution < -0.4 is 5.73 Å². The van der Waals surface area contributed by atoms with Crippen LogP contribution in [0.3, 0.4) is 0 Å².